The quantitative estimate of drug-likeness (QED) is 0.779. The molecule has 2 aromatic rings. The van der Waals surface area contributed by atoms with Gasteiger partial charge in [-0.05, 0) is 55.8 Å². The van der Waals surface area contributed by atoms with Crippen molar-refractivity contribution < 1.29 is 0 Å². The predicted molar refractivity (Wildman–Crippen MR) is 96.7 cm³/mol. The molecule has 1 nitrogen and oxygen atoms in total. The molecule has 1 heterocycles. The van der Waals surface area contributed by atoms with Crippen LogP contribution < -0.4 is 0 Å². The van der Waals surface area contributed by atoms with Gasteiger partial charge in [-0.1, -0.05) is 60.7 Å². The lowest BCUT2D eigenvalue weighted by Gasteiger charge is -2.32. The fraction of sp³-hybridized carbons (Fsp3) is 0.400. The van der Waals surface area contributed by atoms with Gasteiger partial charge in [0.2, 0.25) is 0 Å². The van der Waals surface area contributed by atoms with Crippen LogP contribution in [0.4, 0.5) is 0 Å². The van der Waals surface area contributed by atoms with Crippen LogP contribution in [-0.4, -0.2) is 24.5 Å². The van der Waals surface area contributed by atoms with E-state index in [0.29, 0.717) is 0 Å². The van der Waals surface area contributed by atoms with E-state index in [1.54, 1.807) is 0 Å². The highest BCUT2D eigenvalue weighted by Crippen LogP contribution is 2.21. The molecule has 3 rings (SSSR count). The van der Waals surface area contributed by atoms with Crippen molar-refractivity contribution in [2.45, 2.75) is 25.7 Å². The molecule has 0 N–H and O–H groups in total. The van der Waals surface area contributed by atoms with Gasteiger partial charge in [-0.15, -0.1) is 12.4 Å². The minimum Gasteiger partial charge on any atom is -0.303 e. The Bertz CT molecular complexity index is 518. The molecule has 0 spiro atoms. The van der Waals surface area contributed by atoms with Gasteiger partial charge < -0.3 is 4.90 Å². The third kappa shape index (κ3) is 5.15. The molecule has 118 valence electrons. The molecule has 1 aliphatic heterocycles. The molecule has 1 saturated heterocycles. The highest BCUT2D eigenvalue weighted by Gasteiger charge is 2.18. The Hall–Kier alpha value is -1.31. The van der Waals surface area contributed by atoms with Crippen molar-refractivity contribution in [1.29, 1.82) is 0 Å². The van der Waals surface area contributed by atoms with Crippen molar-refractivity contribution >= 4 is 12.4 Å². The van der Waals surface area contributed by atoms with Crippen molar-refractivity contribution in [3.05, 3.63) is 71.8 Å². The van der Waals surface area contributed by atoms with E-state index in [1.807, 2.05) is 0 Å². The molecule has 0 amide bonds. The van der Waals surface area contributed by atoms with E-state index < -0.39 is 0 Å². The smallest absolute Gasteiger partial charge is 0.00218 e. The Kier molecular flexibility index (Phi) is 6.95. The first kappa shape index (κ1) is 17.1. The highest BCUT2D eigenvalue weighted by atomic mass is 35.5. The lowest BCUT2D eigenvalue weighted by atomic mass is 9.90. The average Bonchev–Trinajstić information content (AvgIpc) is 2.56. The van der Waals surface area contributed by atoms with E-state index in [2.05, 4.69) is 65.6 Å². The molecule has 0 bridgehead atoms. The van der Waals surface area contributed by atoms with Gasteiger partial charge in [-0.3, -0.25) is 0 Å². The molecule has 0 saturated carbocycles. The van der Waals surface area contributed by atoms with Crippen LogP contribution in [0.15, 0.2) is 60.7 Å². The Morgan fingerprint density at radius 1 is 0.773 bits per heavy atom. The summed E-state index contributed by atoms with van der Waals surface area (Å²) in [6, 6.07) is 21.8. The van der Waals surface area contributed by atoms with Gasteiger partial charge in [0.25, 0.3) is 0 Å². The van der Waals surface area contributed by atoms with Crippen molar-refractivity contribution in [1.82, 2.24) is 4.90 Å². The molecule has 2 aromatic carbocycles. The zero-order valence-electron chi connectivity index (χ0n) is 13.2. The minimum absolute atomic E-state index is 0. The molecule has 1 fully saturated rings. The molecule has 0 radical (unpaired) electrons. The van der Waals surface area contributed by atoms with E-state index in [-0.39, 0.29) is 12.4 Å². The minimum atomic E-state index is 0. The van der Waals surface area contributed by atoms with Crippen LogP contribution in [-0.2, 0) is 12.8 Å². The topological polar surface area (TPSA) is 3.24 Å². The second-order valence-electron chi connectivity index (χ2n) is 6.21. The van der Waals surface area contributed by atoms with E-state index in [4.69, 9.17) is 0 Å². The number of likely N-dealkylation sites (tertiary alicyclic amines) is 1. The summed E-state index contributed by atoms with van der Waals surface area (Å²) in [7, 11) is 0. The molecule has 0 aliphatic carbocycles. The summed E-state index contributed by atoms with van der Waals surface area (Å²) < 4.78 is 0. The first-order chi connectivity index (χ1) is 10.4. The summed E-state index contributed by atoms with van der Waals surface area (Å²) in [6.07, 6.45) is 5.14. The number of hydrogen-bond donors (Lipinski definition) is 0. The first-order valence-corrected chi connectivity index (χ1v) is 8.20. The van der Waals surface area contributed by atoms with Crippen LogP contribution in [0.3, 0.4) is 0 Å². The lowest BCUT2D eigenvalue weighted by molar-refractivity contribution is 0.186. The molecular formula is C20H26ClN. The summed E-state index contributed by atoms with van der Waals surface area (Å²) in [5, 5.41) is 0. The maximum atomic E-state index is 2.63. The summed E-state index contributed by atoms with van der Waals surface area (Å²) in [6.45, 7) is 3.75. The Labute approximate surface area is 140 Å². The fourth-order valence-electron chi connectivity index (χ4n) is 3.29. The molecule has 0 aromatic heterocycles. The molecule has 0 atom stereocenters. The number of piperidine rings is 1. The van der Waals surface area contributed by atoms with Crippen LogP contribution in [0.1, 0.15) is 24.0 Å². The number of rotatable bonds is 5. The van der Waals surface area contributed by atoms with E-state index >= 15 is 0 Å². The van der Waals surface area contributed by atoms with E-state index in [1.165, 1.54) is 56.4 Å². The zero-order valence-corrected chi connectivity index (χ0v) is 14.0. The van der Waals surface area contributed by atoms with Crippen LogP contribution in [0, 0.1) is 5.92 Å². The lowest BCUT2D eigenvalue weighted by Crippen LogP contribution is -2.35. The van der Waals surface area contributed by atoms with Crippen LogP contribution >= 0.6 is 12.4 Å². The SMILES string of the molecule is Cl.c1ccc(CCN2CCC(Cc3ccccc3)CC2)cc1. The van der Waals surface area contributed by atoms with Gasteiger partial charge in [0, 0.05) is 6.54 Å². The van der Waals surface area contributed by atoms with Crippen LogP contribution in [0.5, 0.6) is 0 Å². The standard InChI is InChI=1S/C20H25N.ClH/c1-3-7-18(8-4-1)11-14-21-15-12-20(13-16-21)17-19-9-5-2-6-10-19;/h1-10,20H,11-17H2;1H. The van der Waals surface area contributed by atoms with Crippen LogP contribution in [0.25, 0.3) is 0 Å². The van der Waals surface area contributed by atoms with Gasteiger partial charge in [-0.2, -0.15) is 0 Å². The second kappa shape index (κ2) is 8.97. The van der Waals surface area contributed by atoms with Gasteiger partial charge in [0.15, 0.2) is 0 Å². The normalized spacial score (nSPS) is 16.2. The second-order valence-corrected chi connectivity index (χ2v) is 6.21. The van der Waals surface area contributed by atoms with Gasteiger partial charge in [-0.25, -0.2) is 0 Å². The monoisotopic (exact) mass is 315 g/mol. The first-order valence-electron chi connectivity index (χ1n) is 8.20. The molecule has 2 heteroatoms. The summed E-state index contributed by atoms with van der Waals surface area (Å²) >= 11 is 0. The average molecular weight is 316 g/mol. The van der Waals surface area contributed by atoms with Gasteiger partial charge >= 0.3 is 0 Å². The molecular weight excluding hydrogens is 290 g/mol. The summed E-state index contributed by atoms with van der Waals surface area (Å²) in [4.78, 5) is 2.63. The maximum absolute atomic E-state index is 2.63. The zero-order chi connectivity index (χ0) is 14.3. The number of hydrogen-bond acceptors (Lipinski definition) is 1. The largest absolute Gasteiger partial charge is 0.303 e. The number of benzene rings is 2. The van der Waals surface area contributed by atoms with Crippen molar-refractivity contribution in [3.8, 4) is 0 Å². The van der Waals surface area contributed by atoms with Crippen molar-refractivity contribution in [2.75, 3.05) is 19.6 Å². The Morgan fingerprint density at radius 2 is 1.32 bits per heavy atom. The fourth-order valence-corrected chi connectivity index (χ4v) is 3.29. The third-order valence-corrected chi connectivity index (χ3v) is 4.63. The predicted octanol–water partition coefficient (Wildman–Crippen LogP) is 4.61. The van der Waals surface area contributed by atoms with Crippen molar-refractivity contribution in [3.63, 3.8) is 0 Å². The maximum Gasteiger partial charge on any atom is 0.00218 e. The highest BCUT2D eigenvalue weighted by molar-refractivity contribution is 5.85. The molecule has 0 unspecified atom stereocenters. The summed E-state index contributed by atoms with van der Waals surface area (Å²) in [5.74, 6) is 0.875. The van der Waals surface area contributed by atoms with E-state index in [9.17, 15) is 0 Å². The van der Waals surface area contributed by atoms with Crippen molar-refractivity contribution in [2.24, 2.45) is 5.92 Å². The Morgan fingerprint density at radius 3 is 1.91 bits per heavy atom. The number of nitrogens with zero attached hydrogens (tertiary/aromatic N) is 1. The third-order valence-electron chi connectivity index (χ3n) is 4.63. The van der Waals surface area contributed by atoms with Crippen LogP contribution in [0.2, 0.25) is 0 Å². The molecule has 22 heavy (non-hydrogen) atoms. The Balaban J connectivity index is 0.00000176. The van der Waals surface area contributed by atoms with Gasteiger partial charge in [0.05, 0.1) is 0 Å². The van der Waals surface area contributed by atoms with Gasteiger partial charge in [0.1, 0.15) is 0 Å². The van der Waals surface area contributed by atoms with E-state index in [0.717, 1.165) is 5.92 Å². The number of halogens is 1. The summed E-state index contributed by atoms with van der Waals surface area (Å²) in [5.41, 5.74) is 2.96. The molecule has 1 aliphatic rings.